The van der Waals surface area contributed by atoms with Gasteiger partial charge in [-0.15, -0.1) is 0 Å². The highest BCUT2D eigenvalue weighted by molar-refractivity contribution is 6.04. The first-order valence-electron chi connectivity index (χ1n) is 7.34. The van der Waals surface area contributed by atoms with Crippen LogP contribution in [-0.4, -0.2) is 21.9 Å². The van der Waals surface area contributed by atoms with Crippen molar-refractivity contribution in [3.8, 4) is 11.4 Å². The predicted molar refractivity (Wildman–Crippen MR) is 90.5 cm³/mol. The van der Waals surface area contributed by atoms with Crippen LogP contribution in [0.1, 0.15) is 5.69 Å². The summed E-state index contributed by atoms with van der Waals surface area (Å²) in [6, 6.07) is 15.4. The van der Waals surface area contributed by atoms with E-state index in [0.29, 0.717) is 16.8 Å². The molecule has 0 spiro atoms. The second-order valence-electron chi connectivity index (χ2n) is 5.39. The molecule has 0 amide bonds. The number of para-hydroxylation sites is 3. The molecule has 23 heavy (non-hydrogen) atoms. The first kappa shape index (κ1) is 13.6. The Hall–Kier alpha value is -3.08. The van der Waals surface area contributed by atoms with Crippen molar-refractivity contribution in [1.29, 1.82) is 0 Å². The fourth-order valence-corrected chi connectivity index (χ4v) is 3.01. The average Bonchev–Trinajstić information content (AvgIpc) is 2.93. The maximum atomic E-state index is 12.5. The van der Waals surface area contributed by atoms with E-state index < -0.39 is 0 Å². The van der Waals surface area contributed by atoms with Crippen LogP contribution >= 0.6 is 0 Å². The van der Waals surface area contributed by atoms with Gasteiger partial charge in [0.15, 0.2) is 0 Å². The van der Waals surface area contributed by atoms with Gasteiger partial charge in [0.05, 0.1) is 29.2 Å². The number of aryl methyl sites for hydroxylation is 1. The zero-order valence-corrected chi connectivity index (χ0v) is 12.8. The molecule has 0 bridgehead atoms. The van der Waals surface area contributed by atoms with E-state index in [4.69, 9.17) is 4.74 Å². The van der Waals surface area contributed by atoms with Crippen LogP contribution in [0.5, 0.6) is 5.75 Å². The van der Waals surface area contributed by atoms with Crippen molar-refractivity contribution in [3.05, 3.63) is 64.6 Å². The monoisotopic (exact) mass is 305 g/mol. The lowest BCUT2D eigenvalue weighted by molar-refractivity contribution is 0.412. The van der Waals surface area contributed by atoms with Gasteiger partial charge in [-0.25, -0.2) is 4.68 Å². The number of fused-ring (bicyclic) bond motifs is 3. The maximum absolute atomic E-state index is 12.5. The van der Waals surface area contributed by atoms with Crippen molar-refractivity contribution >= 4 is 21.8 Å². The number of nitrogens with one attached hydrogen (secondary N) is 1. The number of aromatic amines is 1. The second-order valence-corrected chi connectivity index (χ2v) is 5.39. The average molecular weight is 305 g/mol. The molecule has 0 fully saturated rings. The number of rotatable bonds is 2. The topological polar surface area (TPSA) is 59.9 Å². The Morgan fingerprint density at radius 1 is 1.09 bits per heavy atom. The summed E-state index contributed by atoms with van der Waals surface area (Å²) < 4.78 is 7.25. The molecule has 0 saturated carbocycles. The molecule has 0 radical (unpaired) electrons. The molecule has 0 atom stereocenters. The van der Waals surface area contributed by atoms with Crippen LogP contribution in [0, 0.1) is 6.92 Å². The molecule has 0 aliphatic rings. The van der Waals surface area contributed by atoms with Gasteiger partial charge in [0, 0.05) is 5.39 Å². The van der Waals surface area contributed by atoms with Gasteiger partial charge in [-0.05, 0) is 25.1 Å². The largest absolute Gasteiger partial charge is 0.494 e. The van der Waals surface area contributed by atoms with Gasteiger partial charge in [-0.2, -0.15) is 5.10 Å². The zero-order chi connectivity index (χ0) is 16.0. The fraction of sp³-hybridized carbons (Fsp3) is 0.111. The third-order valence-corrected chi connectivity index (χ3v) is 4.03. The Balaban J connectivity index is 2.23. The quantitative estimate of drug-likeness (QED) is 0.619. The van der Waals surface area contributed by atoms with Crippen molar-refractivity contribution in [2.24, 2.45) is 0 Å². The SMILES string of the molecule is COc1ccccc1-n1nc(C)c2c(=O)[nH]c3ccccc3c21. The number of pyridine rings is 1. The number of hydrogen-bond donors (Lipinski definition) is 1. The standard InChI is InChI=1S/C18H15N3O2/c1-11-16-17(12-7-3-4-8-13(12)19-18(16)22)21(20-11)14-9-5-6-10-15(14)23-2/h3-10H,1-2H3,(H,19,22). The maximum Gasteiger partial charge on any atom is 0.259 e. The first-order chi connectivity index (χ1) is 11.2. The Kier molecular flexibility index (Phi) is 2.94. The minimum absolute atomic E-state index is 0.127. The van der Waals surface area contributed by atoms with Gasteiger partial charge in [0.2, 0.25) is 0 Å². The number of aromatic nitrogens is 3. The lowest BCUT2D eigenvalue weighted by Crippen LogP contribution is -2.07. The van der Waals surface area contributed by atoms with Crippen LogP contribution in [0.2, 0.25) is 0 Å². The van der Waals surface area contributed by atoms with E-state index >= 15 is 0 Å². The summed E-state index contributed by atoms with van der Waals surface area (Å²) in [6.45, 7) is 1.85. The molecule has 1 N–H and O–H groups in total. The summed E-state index contributed by atoms with van der Waals surface area (Å²) in [5.41, 5.74) is 2.96. The van der Waals surface area contributed by atoms with Crippen LogP contribution in [0.4, 0.5) is 0 Å². The summed E-state index contributed by atoms with van der Waals surface area (Å²) >= 11 is 0. The molecule has 5 heteroatoms. The first-order valence-corrected chi connectivity index (χ1v) is 7.34. The Morgan fingerprint density at radius 2 is 1.83 bits per heavy atom. The second kappa shape index (κ2) is 4.98. The zero-order valence-electron chi connectivity index (χ0n) is 12.8. The van der Waals surface area contributed by atoms with E-state index in [0.717, 1.165) is 22.1 Å². The van der Waals surface area contributed by atoms with Crippen molar-refractivity contribution in [1.82, 2.24) is 14.8 Å². The number of nitrogens with zero attached hydrogens (tertiary/aromatic N) is 2. The third-order valence-electron chi connectivity index (χ3n) is 4.03. The molecule has 4 rings (SSSR count). The molecule has 2 aromatic carbocycles. The minimum atomic E-state index is -0.127. The van der Waals surface area contributed by atoms with Crippen molar-refractivity contribution < 1.29 is 4.74 Å². The van der Waals surface area contributed by atoms with Crippen LogP contribution in [-0.2, 0) is 0 Å². The predicted octanol–water partition coefficient (Wildman–Crippen LogP) is 3.18. The van der Waals surface area contributed by atoms with Crippen LogP contribution in [0.15, 0.2) is 53.3 Å². The number of ether oxygens (including phenoxy) is 1. The Morgan fingerprint density at radius 3 is 2.65 bits per heavy atom. The molecule has 114 valence electrons. The smallest absolute Gasteiger partial charge is 0.259 e. The molecule has 0 unspecified atom stereocenters. The third kappa shape index (κ3) is 1.93. The molecule has 4 aromatic rings. The highest BCUT2D eigenvalue weighted by Crippen LogP contribution is 2.29. The molecule has 2 aromatic heterocycles. The number of hydrogen-bond acceptors (Lipinski definition) is 3. The van der Waals surface area contributed by atoms with E-state index in [2.05, 4.69) is 10.1 Å². The molecule has 0 aliphatic heterocycles. The minimum Gasteiger partial charge on any atom is -0.494 e. The normalized spacial score (nSPS) is 11.2. The van der Waals surface area contributed by atoms with E-state index in [1.165, 1.54) is 0 Å². The number of H-pyrrole nitrogens is 1. The lowest BCUT2D eigenvalue weighted by Gasteiger charge is -2.10. The summed E-state index contributed by atoms with van der Waals surface area (Å²) in [4.78, 5) is 15.4. The van der Waals surface area contributed by atoms with Gasteiger partial charge in [0.25, 0.3) is 5.56 Å². The van der Waals surface area contributed by atoms with Crippen molar-refractivity contribution in [2.75, 3.05) is 7.11 Å². The van der Waals surface area contributed by atoms with Crippen molar-refractivity contribution in [3.63, 3.8) is 0 Å². The van der Waals surface area contributed by atoms with E-state index in [1.54, 1.807) is 11.8 Å². The number of methoxy groups -OCH3 is 1. The summed E-state index contributed by atoms with van der Waals surface area (Å²) in [5, 5.41) is 6.15. The molecule has 0 saturated heterocycles. The highest BCUT2D eigenvalue weighted by Gasteiger charge is 2.17. The highest BCUT2D eigenvalue weighted by atomic mass is 16.5. The van der Waals surface area contributed by atoms with Gasteiger partial charge in [-0.3, -0.25) is 4.79 Å². The number of benzene rings is 2. The van der Waals surface area contributed by atoms with E-state index in [1.807, 2.05) is 55.5 Å². The van der Waals surface area contributed by atoms with Gasteiger partial charge in [0.1, 0.15) is 11.4 Å². The Labute approximate surface area is 132 Å². The fourth-order valence-electron chi connectivity index (χ4n) is 3.01. The Bertz CT molecular complexity index is 1090. The molecular weight excluding hydrogens is 290 g/mol. The molecule has 0 aliphatic carbocycles. The van der Waals surface area contributed by atoms with Crippen LogP contribution < -0.4 is 10.3 Å². The molecule has 5 nitrogen and oxygen atoms in total. The molecule has 2 heterocycles. The van der Waals surface area contributed by atoms with Gasteiger partial charge >= 0.3 is 0 Å². The summed E-state index contributed by atoms with van der Waals surface area (Å²) in [6.07, 6.45) is 0. The summed E-state index contributed by atoms with van der Waals surface area (Å²) in [7, 11) is 1.63. The van der Waals surface area contributed by atoms with Crippen molar-refractivity contribution in [2.45, 2.75) is 6.92 Å². The lowest BCUT2D eigenvalue weighted by atomic mass is 10.1. The summed E-state index contributed by atoms with van der Waals surface area (Å²) in [5.74, 6) is 0.710. The van der Waals surface area contributed by atoms with Crippen LogP contribution in [0.25, 0.3) is 27.5 Å². The van der Waals surface area contributed by atoms with E-state index in [9.17, 15) is 4.79 Å². The van der Waals surface area contributed by atoms with Gasteiger partial charge < -0.3 is 9.72 Å². The van der Waals surface area contributed by atoms with Gasteiger partial charge in [-0.1, -0.05) is 30.3 Å². The van der Waals surface area contributed by atoms with Crippen LogP contribution in [0.3, 0.4) is 0 Å². The molecular formula is C18H15N3O2. The van der Waals surface area contributed by atoms with E-state index in [-0.39, 0.29) is 5.56 Å².